The van der Waals surface area contributed by atoms with Gasteiger partial charge in [-0.2, -0.15) is 0 Å². The normalized spacial score (nSPS) is 17.1. The second kappa shape index (κ2) is 42.4. The molecule has 0 radical (unpaired) electrons. The number of hydrogen-bond acceptors (Lipinski definition) is 11. The molecule has 7 aromatic carbocycles. The van der Waals surface area contributed by atoms with Crippen LogP contribution in [0.15, 0.2) is 152 Å². The van der Waals surface area contributed by atoms with Gasteiger partial charge in [0.2, 0.25) is 0 Å². The fraction of sp³-hybridized carbons (Fsp3) is 0.471. The third-order valence-electron chi connectivity index (χ3n) is 21.4. The summed E-state index contributed by atoms with van der Waals surface area (Å²) in [6.07, 6.45) is 33.3. The molecule has 1 atom stereocenters. The van der Waals surface area contributed by atoms with E-state index in [2.05, 4.69) is 58.2 Å². The maximum atomic E-state index is 12.8. The predicted octanol–water partition coefficient (Wildman–Crippen LogP) is 19.5. The Balaban J connectivity index is 0.000000155. The SMILES string of the molecule is COC(=O)N(CCc1cccc(OC)c1)C1CCCC1.COc1cccc(CCCC2CCCC2)c1.COc1cccc(CCN)c1.IC1CCCC1.O=C(O)c1cc(-c2cccc(COc3ccc4c(c3)C(=O)NC(C3CCCC3)C4)c2)ccc1Cl.O=C1c2ccc(O)cc2CCN1C1CCCC1. The fourth-order valence-electron chi connectivity index (χ4n) is 15.6. The minimum Gasteiger partial charge on any atom is -0.508 e. The molecule has 104 heavy (non-hydrogen) atoms. The summed E-state index contributed by atoms with van der Waals surface area (Å²) in [6, 6.07) is 49.0. The molecule has 17 heteroatoms. The topological polar surface area (TPSA) is 199 Å². The summed E-state index contributed by atoms with van der Waals surface area (Å²) in [7, 11) is 6.52. The molecule has 2 aliphatic heterocycles. The number of nitrogens with two attached hydrogens (primary N) is 1. The number of carbonyl (C=O) groups is 4. The average molecular weight is 1550 g/mol. The highest BCUT2D eigenvalue weighted by Crippen LogP contribution is 2.36. The maximum Gasteiger partial charge on any atom is 0.409 e. The van der Waals surface area contributed by atoms with Crippen molar-refractivity contribution in [2.45, 2.75) is 202 Å². The molecule has 3 amide bonds. The van der Waals surface area contributed by atoms with Crippen LogP contribution in [0.3, 0.4) is 0 Å². The molecule has 558 valence electrons. The number of benzene rings is 7. The van der Waals surface area contributed by atoms with Crippen molar-refractivity contribution in [2.24, 2.45) is 17.6 Å². The van der Waals surface area contributed by atoms with E-state index in [0.717, 1.165) is 118 Å². The van der Waals surface area contributed by atoms with E-state index in [1.807, 2.05) is 94.7 Å². The monoisotopic (exact) mass is 1550 g/mol. The van der Waals surface area contributed by atoms with Gasteiger partial charge in [0.05, 0.1) is 39.0 Å². The number of aromatic hydroxyl groups is 1. The van der Waals surface area contributed by atoms with Crippen molar-refractivity contribution in [2.75, 3.05) is 48.1 Å². The molecule has 0 saturated heterocycles. The summed E-state index contributed by atoms with van der Waals surface area (Å²) in [5.74, 6) is 4.34. The molecule has 5 N–H and O–H groups in total. The molecule has 5 aliphatic carbocycles. The number of ether oxygens (including phenoxy) is 5. The second-order valence-corrected chi connectivity index (χ2v) is 30.7. The Morgan fingerprint density at radius 3 is 1.78 bits per heavy atom. The average Bonchev–Trinajstić information content (AvgIpc) is 0.877. The molecule has 1 unspecified atom stereocenters. The highest BCUT2D eigenvalue weighted by Gasteiger charge is 2.34. The second-order valence-electron chi connectivity index (χ2n) is 28.5. The van der Waals surface area contributed by atoms with Crippen LogP contribution < -0.4 is 30.0 Å². The number of methoxy groups -OCH3 is 4. The van der Waals surface area contributed by atoms with Crippen LogP contribution in [0.4, 0.5) is 4.79 Å². The molecule has 15 nitrogen and oxygen atoms in total. The summed E-state index contributed by atoms with van der Waals surface area (Å²) in [4.78, 5) is 52.4. The molecule has 2 heterocycles. The summed E-state index contributed by atoms with van der Waals surface area (Å²) < 4.78 is 27.5. The van der Waals surface area contributed by atoms with Crippen LogP contribution in [0.2, 0.25) is 5.02 Å². The van der Waals surface area contributed by atoms with E-state index in [1.54, 1.807) is 57.7 Å². The van der Waals surface area contributed by atoms with Crippen molar-refractivity contribution in [3.05, 3.63) is 207 Å². The summed E-state index contributed by atoms with van der Waals surface area (Å²) >= 11 is 8.53. The number of carboxylic acid groups (broad SMARTS) is 1. The predicted molar refractivity (Wildman–Crippen MR) is 425 cm³/mol. The molecular weight excluding hydrogens is 1440 g/mol. The lowest BCUT2D eigenvalue weighted by Gasteiger charge is -2.33. The van der Waals surface area contributed by atoms with E-state index in [0.29, 0.717) is 49.0 Å². The Hall–Kier alpha value is -7.80. The minimum atomic E-state index is -1.06. The minimum absolute atomic E-state index is 0.0115. The number of alkyl halides is 1. The van der Waals surface area contributed by atoms with Crippen molar-refractivity contribution in [3.63, 3.8) is 0 Å². The van der Waals surface area contributed by atoms with Crippen LogP contribution in [-0.4, -0.2) is 114 Å². The van der Waals surface area contributed by atoms with Gasteiger partial charge in [0, 0.05) is 46.3 Å². The lowest BCUT2D eigenvalue weighted by Crippen LogP contribution is -2.45. The highest BCUT2D eigenvalue weighted by molar-refractivity contribution is 14.1. The largest absolute Gasteiger partial charge is 0.508 e. The van der Waals surface area contributed by atoms with Crippen LogP contribution in [0, 0.1) is 11.8 Å². The Bertz CT molecular complexity index is 3840. The zero-order valence-corrected chi connectivity index (χ0v) is 64.5. The smallest absolute Gasteiger partial charge is 0.409 e. The van der Waals surface area contributed by atoms with Gasteiger partial charge in [-0.15, -0.1) is 0 Å². The number of rotatable bonds is 20. The lowest BCUT2D eigenvalue weighted by atomic mass is 9.87. The van der Waals surface area contributed by atoms with Crippen molar-refractivity contribution < 1.29 is 53.1 Å². The number of nitrogens with one attached hydrogen (secondary N) is 1. The number of hydrogen-bond donors (Lipinski definition) is 4. The van der Waals surface area contributed by atoms with E-state index in [1.165, 1.54) is 146 Å². The third-order valence-corrected chi connectivity index (χ3v) is 22.9. The number of carbonyl (C=O) groups excluding carboxylic acids is 3. The van der Waals surface area contributed by atoms with E-state index in [4.69, 9.17) is 41.0 Å². The number of nitrogens with zero attached hydrogens (tertiary/aromatic N) is 2. The molecule has 0 spiro atoms. The van der Waals surface area contributed by atoms with Gasteiger partial charge in [0.1, 0.15) is 35.4 Å². The summed E-state index contributed by atoms with van der Waals surface area (Å²) in [6.45, 7) is 2.52. The standard InChI is InChI=1S/C28H26ClNO4.C16H23NO3.C15H22O.C14H17NO2.C9H13NO.C5H9I/c29-25-11-9-20(13-24(25)28(32)33)19-7-3-4-17(12-19)16-34-22-10-8-21-14-26(18-5-1-2-6-18)30-27(31)23(21)15-22;1-19-15-9-5-6-13(12-15)10-11-17(16(18)20-2)14-7-3-4-8-14;1-16-15-11-5-10-14(12-15)9-4-8-13-6-2-3-7-13;16-12-5-6-13-10(9-12)7-8-15(14(13)17)11-3-1-2-4-11;1-11-9-4-2-3-8(7-9)5-6-10;6-5-3-1-2-4-5/h3-4,7-13,15,18,26H,1-2,5-6,14,16H2,(H,30,31)(H,32,33);5-6,9,12,14H,3-4,7-8,10-11H2,1-2H3;5,10-13H,2-4,6-9H2,1H3;5-6,9,11,16H,1-4,7-8H2;2-4,7H,5-6,10H2,1H3;5H,1-4H2. The first-order chi connectivity index (χ1) is 50.6. The van der Waals surface area contributed by atoms with Gasteiger partial charge in [-0.25, -0.2) is 9.59 Å². The van der Waals surface area contributed by atoms with Crippen molar-refractivity contribution in [1.82, 2.24) is 15.1 Å². The highest BCUT2D eigenvalue weighted by atomic mass is 127. The van der Waals surface area contributed by atoms with Gasteiger partial charge >= 0.3 is 12.1 Å². The van der Waals surface area contributed by atoms with Gasteiger partial charge in [0.25, 0.3) is 11.8 Å². The number of fused-ring (bicyclic) bond motifs is 2. The van der Waals surface area contributed by atoms with E-state index in [-0.39, 0.29) is 40.3 Å². The van der Waals surface area contributed by atoms with E-state index in [9.17, 15) is 29.4 Å². The zero-order valence-electron chi connectivity index (χ0n) is 61.6. The zero-order chi connectivity index (χ0) is 73.6. The fourth-order valence-corrected chi connectivity index (χ4v) is 16.7. The van der Waals surface area contributed by atoms with Crippen LogP contribution in [-0.2, 0) is 43.4 Å². The van der Waals surface area contributed by atoms with Crippen LogP contribution in [0.5, 0.6) is 28.7 Å². The van der Waals surface area contributed by atoms with Crippen LogP contribution >= 0.6 is 34.2 Å². The molecule has 0 bridgehead atoms. The van der Waals surface area contributed by atoms with E-state index >= 15 is 0 Å². The number of halogens is 2. The van der Waals surface area contributed by atoms with Crippen molar-refractivity contribution in [1.29, 1.82) is 0 Å². The molecular formula is C87H110ClIN4O11. The first kappa shape index (κ1) is 80.3. The number of phenolic OH excluding ortho intramolecular Hbond substituents is 1. The third kappa shape index (κ3) is 24.6. The lowest BCUT2D eigenvalue weighted by molar-refractivity contribution is 0.0661. The van der Waals surface area contributed by atoms with Gasteiger partial charge < -0.3 is 54.7 Å². The molecule has 7 aliphatic rings. The molecule has 14 rings (SSSR count). The van der Waals surface area contributed by atoms with Crippen molar-refractivity contribution >= 4 is 58.1 Å². The van der Waals surface area contributed by atoms with Gasteiger partial charge in [0.15, 0.2) is 0 Å². The molecule has 0 aromatic heterocycles. The van der Waals surface area contributed by atoms with Gasteiger partial charge in [-0.1, -0.05) is 184 Å². The number of amides is 3. The number of aryl methyl sites for hydroxylation is 1. The van der Waals surface area contributed by atoms with Gasteiger partial charge in [-0.05, 0) is 238 Å². The quantitative estimate of drug-likeness (QED) is 0.0416. The Morgan fingerprint density at radius 2 is 1.17 bits per heavy atom. The first-order valence-corrected chi connectivity index (χ1v) is 39.6. The Kier molecular flexibility index (Phi) is 32.7. The van der Waals surface area contributed by atoms with Crippen LogP contribution in [0.1, 0.15) is 206 Å². The maximum absolute atomic E-state index is 12.8. The molecule has 5 fully saturated rings. The molecule has 5 saturated carbocycles. The van der Waals surface area contributed by atoms with Gasteiger partial charge in [-0.3, -0.25) is 9.59 Å². The summed E-state index contributed by atoms with van der Waals surface area (Å²) in [5.41, 5.74) is 15.4. The first-order valence-electron chi connectivity index (χ1n) is 38.0. The molecule has 7 aromatic rings. The Morgan fingerprint density at radius 1 is 0.596 bits per heavy atom. The number of phenols is 1. The van der Waals surface area contributed by atoms with Crippen LogP contribution in [0.25, 0.3) is 11.1 Å². The number of aromatic carboxylic acids is 1. The summed E-state index contributed by atoms with van der Waals surface area (Å²) in [5, 5.41) is 22.2. The number of carboxylic acids is 1. The van der Waals surface area contributed by atoms with E-state index < -0.39 is 5.97 Å². The van der Waals surface area contributed by atoms with Crippen molar-refractivity contribution in [3.8, 4) is 39.9 Å². The Labute approximate surface area is 636 Å².